The summed E-state index contributed by atoms with van der Waals surface area (Å²) in [6, 6.07) is 9.47. The lowest BCUT2D eigenvalue weighted by atomic mass is 10.1. The number of benzene rings is 1. The second kappa shape index (κ2) is 6.55. The number of aromatic amines is 1. The Hall–Kier alpha value is -3.28. The van der Waals surface area contributed by atoms with E-state index < -0.39 is 0 Å². The van der Waals surface area contributed by atoms with Crippen molar-refractivity contribution in [3.63, 3.8) is 0 Å². The minimum atomic E-state index is 0.285. The van der Waals surface area contributed by atoms with Gasteiger partial charge in [0, 0.05) is 36.1 Å². The van der Waals surface area contributed by atoms with Gasteiger partial charge in [0.25, 0.3) is 0 Å². The molecule has 2 aromatic heterocycles. The second-order valence-electron chi connectivity index (χ2n) is 6.51. The first-order valence-electron chi connectivity index (χ1n) is 8.57. The number of phenolic OH excluding ortho intramolecular Hbond substituents is 1. The summed E-state index contributed by atoms with van der Waals surface area (Å²) in [7, 11) is 0. The number of pyridine rings is 1. The molecule has 0 spiro atoms. The van der Waals surface area contributed by atoms with E-state index in [1.807, 2.05) is 25.1 Å². The monoisotopic (exact) mass is 348 g/mol. The average molecular weight is 348 g/mol. The van der Waals surface area contributed by atoms with Crippen molar-refractivity contribution in [2.45, 2.75) is 13.3 Å². The number of aromatic nitrogens is 2. The van der Waals surface area contributed by atoms with Crippen molar-refractivity contribution in [2.75, 3.05) is 18.4 Å². The van der Waals surface area contributed by atoms with Crippen molar-refractivity contribution in [3.8, 4) is 5.75 Å². The molecule has 1 aliphatic rings. The van der Waals surface area contributed by atoms with Gasteiger partial charge in [-0.15, -0.1) is 0 Å². The van der Waals surface area contributed by atoms with Gasteiger partial charge in [-0.25, -0.2) is 4.98 Å². The number of hydrogen-bond acceptors (Lipinski definition) is 4. The molecule has 0 atom stereocenters. The molecule has 0 saturated heterocycles. The molecule has 3 N–H and O–H groups in total. The maximum absolute atomic E-state index is 10.9. The quantitative estimate of drug-likeness (QED) is 0.497. The number of carbonyl (C=O) groups is 1. The molecule has 1 aliphatic heterocycles. The van der Waals surface area contributed by atoms with Gasteiger partial charge >= 0.3 is 0 Å². The summed E-state index contributed by atoms with van der Waals surface area (Å²) in [5, 5.41) is 14.1. The smallest absolute Gasteiger partial charge is 0.209 e. The van der Waals surface area contributed by atoms with Gasteiger partial charge in [0.05, 0.1) is 5.69 Å². The molecule has 0 aliphatic carbocycles. The minimum absolute atomic E-state index is 0.285. The number of H-pyrrole nitrogens is 1. The number of rotatable bonds is 4. The van der Waals surface area contributed by atoms with Crippen LogP contribution in [0.5, 0.6) is 5.75 Å². The van der Waals surface area contributed by atoms with Crippen molar-refractivity contribution < 1.29 is 9.90 Å². The number of aryl methyl sites for hydroxylation is 1. The molecule has 0 radical (unpaired) electrons. The number of hydrogen-bond donors (Lipinski definition) is 3. The molecule has 0 unspecified atom stereocenters. The van der Waals surface area contributed by atoms with Gasteiger partial charge in [0.1, 0.15) is 11.4 Å². The van der Waals surface area contributed by atoms with Crippen LogP contribution in [0.4, 0.5) is 11.4 Å². The number of anilines is 2. The molecule has 0 saturated carbocycles. The third-order valence-corrected chi connectivity index (χ3v) is 4.74. The Balaban J connectivity index is 1.66. The van der Waals surface area contributed by atoms with Crippen molar-refractivity contribution in [1.29, 1.82) is 0 Å². The van der Waals surface area contributed by atoms with Crippen LogP contribution in [-0.4, -0.2) is 39.5 Å². The zero-order chi connectivity index (χ0) is 18.1. The summed E-state index contributed by atoms with van der Waals surface area (Å²) in [6.45, 7) is 3.24. The Morgan fingerprint density at radius 1 is 1.31 bits per heavy atom. The normalized spacial score (nSPS) is 14.3. The largest absolute Gasteiger partial charge is 0.508 e. The van der Waals surface area contributed by atoms with E-state index >= 15 is 0 Å². The Kier molecular flexibility index (Phi) is 4.08. The number of carbonyl (C=O) groups excluding carboxylic acids is 1. The van der Waals surface area contributed by atoms with Crippen molar-refractivity contribution in [3.05, 3.63) is 53.9 Å². The maximum Gasteiger partial charge on any atom is 0.209 e. The van der Waals surface area contributed by atoms with Crippen molar-refractivity contribution >= 4 is 34.4 Å². The zero-order valence-corrected chi connectivity index (χ0v) is 14.5. The summed E-state index contributed by atoms with van der Waals surface area (Å²) >= 11 is 0. The molecule has 0 bridgehead atoms. The van der Waals surface area contributed by atoms with E-state index in [0.717, 1.165) is 53.0 Å². The van der Waals surface area contributed by atoms with Crippen LogP contribution in [0.25, 0.3) is 16.6 Å². The van der Waals surface area contributed by atoms with Crippen LogP contribution in [0.1, 0.15) is 17.7 Å². The summed E-state index contributed by atoms with van der Waals surface area (Å²) in [6.07, 6.45) is 5.56. The first-order valence-corrected chi connectivity index (χ1v) is 8.57. The number of nitrogens with zero attached hydrogens (tertiary/aromatic N) is 2. The van der Waals surface area contributed by atoms with Crippen LogP contribution in [0.15, 0.2) is 42.6 Å². The fourth-order valence-electron chi connectivity index (χ4n) is 3.22. The second-order valence-corrected chi connectivity index (χ2v) is 6.51. The van der Waals surface area contributed by atoms with Gasteiger partial charge in [0.2, 0.25) is 6.41 Å². The predicted octanol–water partition coefficient (Wildman–Crippen LogP) is 3.57. The van der Waals surface area contributed by atoms with Crippen molar-refractivity contribution in [1.82, 2.24) is 14.9 Å². The lowest BCUT2D eigenvalue weighted by molar-refractivity contribution is -0.117. The molecule has 4 rings (SSSR count). The molecular weight excluding hydrogens is 328 g/mol. The first-order chi connectivity index (χ1) is 12.6. The zero-order valence-electron chi connectivity index (χ0n) is 14.5. The highest BCUT2D eigenvalue weighted by atomic mass is 16.3. The van der Waals surface area contributed by atoms with E-state index in [1.54, 1.807) is 17.2 Å². The van der Waals surface area contributed by atoms with Crippen molar-refractivity contribution in [2.24, 2.45) is 0 Å². The van der Waals surface area contributed by atoms with Gasteiger partial charge < -0.3 is 20.3 Å². The molecular formula is C20H20N4O2. The van der Waals surface area contributed by atoms with E-state index in [2.05, 4.69) is 27.4 Å². The standard InChI is InChI=1S/C20H20N4O2/c1-13-10-15(2-3-19(13)26)22-17-4-7-21-20-16(17)11-18(23-20)14-5-8-24(12-25)9-6-14/h2-5,7,10-12,26H,6,8-9H2,1H3,(H2,21,22,23). The Bertz CT molecular complexity index is 1010. The topological polar surface area (TPSA) is 81.2 Å². The molecule has 1 amide bonds. The van der Waals surface area contributed by atoms with Gasteiger partial charge in [-0.1, -0.05) is 6.08 Å². The van der Waals surface area contributed by atoms with Crippen LogP contribution < -0.4 is 5.32 Å². The van der Waals surface area contributed by atoms with E-state index in [9.17, 15) is 9.90 Å². The molecule has 26 heavy (non-hydrogen) atoms. The van der Waals surface area contributed by atoms with E-state index in [4.69, 9.17) is 0 Å². The van der Waals surface area contributed by atoms with Crippen LogP contribution in [0.2, 0.25) is 0 Å². The number of nitrogens with one attached hydrogen (secondary N) is 2. The van der Waals surface area contributed by atoms with Gasteiger partial charge in [-0.3, -0.25) is 4.79 Å². The van der Waals surface area contributed by atoms with Crippen LogP contribution in [-0.2, 0) is 4.79 Å². The van der Waals surface area contributed by atoms with Gasteiger partial charge in [0.15, 0.2) is 0 Å². The fraction of sp³-hybridized carbons (Fsp3) is 0.200. The SMILES string of the molecule is Cc1cc(Nc2ccnc3[nH]c(C4=CCN(C=O)CC4)cc23)ccc1O. The summed E-state index contributed by atoms with van der Waals surface area (Å²) in [5.41, 5.74) is 5.74. The van der Waals surface area contributed by atoms with E-state index in [-0.39, 0.29) is 5.75 Å². The Morgan fingerprint density at radius 2 is 2.19 bits per heavy atom. The van der Waals surface area contributed by atoms with Crippen LogP contribution >= 0.6 is 0 Å². The molecule has 3 heterocycles. The fourth-order valence-corrected chi connectivity index (χ4v) is 3.22. The number of phenols is 1. The van der Waals surface area contributed by atoms with Gasteiger partial charge in [-0.05, 0) is 54.8 Å². The lowest BCUT2D eigenvalue weighted by Crippen LogP contribution is -2.26. The number of aromatic hydroxyl groups is 1. The third-order valence-electron chi connectivity index (χ3n) is 4.74. The summed E-state index contributed by atoms with van der Waals surface area (Å²) in [4.78, 5) is 20.4. The molecule has 0 fully saturated rings. The Labute approximate surface area is 151 Å². The van der Waals surface area contributed by atoms with E-state index in [0.29, 0.717) is 6.54 Å². The van der Waals surface area contributed by atoms with E-state index in [1.165, 1.54) is 5.57 Å². The third kappa shape index (κ3) is 3.01. The van der Waals surface area contributed by atoms with Crippen LogP contribution in [0.3, 0.4) is 0 Å². The summed E-state index contributed by atoms with van der Waals surface area (Å²) < 4.78 is 0. The molecule has 3 aromatic rings. The first kappa shape index (κ1) is 16.2. The molecule has 6 heteroatoms. The number of amides is 1. The minimum Gasteiger partial charge on any atom is -0.508 e. The highest BCUT2D eigenvalue weighted by Crippen LogP contribution is 2.31. The van der Waals surface area contributed by atoms with Gasteiger partial charge in [-0.2, -0.15) is 0 Å². The molecule has 132 valence electrons. The molecule has 6 nitrogen and oxygen atoms in total. The summed E-state index contributed by atoms with van der Waals surface area (Å²) in [5.74, 6) is 0.285. The highest BCUT2D eigenvalue weighted by molar-refractivity contribution is 5.94. The lowest BCUT2D eigenvalue weighted by Gasteiger charge is -2.21. The maximum atomic E-state index is 10.9. The number of fused-ring (bicyclic) bond motifs is 1. The molecule has 1 aromatic carbocycles. The predicted molar refractivity (Wildman–Crippen MR) is 102 cm³/mol. The Morgan fingerprint density at radius 3 is 2.92 bits per heavy atom. The average Bonchev–Trinajstić information content (AvgIpc) is 3.10. The highest BCUT2D eigenvalue weighted by Gasteiger charge is 2.14. The van der Waals surface area contributed by atoms with Crippen LogP contribution in [0, 0.1) is 6.92 Å².